The van der Waals surface area contributed by atoms with E-state index < -0.39 is 0 Å². The van der Waals surface area contributed by atoms with Gasteiger partial charge in [-0.2, -0.15) is 0 Å². The molecule has 0 spiro atoms. The second-order valence-corrected chi connectivity index (χ2v) is 10.2. The number of nitrogens with zero attached hydrogens (tertiary/aromatic N) is 2. The molecule has 0 atom stereocenters. The minimum Gasteiger partial charge on any atom is -0.493 e. The van der Waals surface area contributed by atoms with Gasteiger partial charge in [0.1, 0.15) is 0 Å². The molecule has 2 amide bonds. The van der Waals surface area contributed by atoms with Crippen molar-refractivity contribution in [2.24, 2.45) is 0 Å². The first-order valence-corrected chi connectivity index (χ1v) is 13.7. The Morgan fingerprint density at radius 2 is 1.30 bits per heavy atom. The van der Waals surface area contributed by atoms with Gasteiger partial charge in [0.05, 0.1) is 21.3 Å². The van der Waals surface area contributed by atoms with E-state index in [9.17, 15) is 9.59 Å². The van der Waals surface area contributed by atoms with Gasteiger partial charge in [0.2, 0.25) is 11.7 Å². The molecule has 40 heavy (non-hydrogen) atoms. The van der Waals surface area contributed by atoms with Gasteiger partial charge in [0.25, 0.3) is 5.91 Å². The minimum atomic E-state index is -0.174. The Morgan fingerprint density at radius 3 is 1.80 bits per heavy atom. The van der Waals surface area contributed by atoms with Crippen LogP contribution in [-0.2, 0) is 11.2 Å². The van der Waals surface area contributed by atoms with Crippen molar-refractivity contribution >= 4 is 40.6 Å². The Kier molecular flexibility index (Phi) is 9.61. The fourth-order valence-electron chi connectivity index (χ4n) is 4.69. The van der Waals surface area contributed by atoms with E-state index in [2.05, 4.69) is 6.92 Å². The van der Waals surface area contributed by atoms with Crippen molar-refractivity contribution in [1.82, 2.24) is 9.80 Å². The molecule has 0 radical (unpaired) electrons. The molecular formula is C31H32Cl2N2O5. The zero-order chi connectivity index (χ0) is 28.8. The van der Waals surface area contributed by atoms with Crippen molar-refractivity contribution in [3.05, 3.63) is 93.0 Å². The number of amides is 2. The van der Waals surface area contributed by atoms with Crippen LogP contribution in [0.5, 0.6) is 17.2 Å². The molecule has 0 unspecified atom stereocenters. The predicted molar refractivity (Wildman–Crippen MR) is 158 cm³/mol. The van der Waals surface area contributed by atoms with Gasteiger partial charge in [-0.15, -0.1) is 0 Å². The van der Waals surface area contributed by atoms with Gasteiger partial charge < -0.3 is 24.0 Å². The zero-order valence-corrected chi connectivity index (χ0v) is 24.5. The summed E-state index contributed by atoms with van der Waals surface area (Å²) in [6, 6.07) is 16.6. The van der Waals surface area contributed by atoms with Crippen molar-refractivity contribution in [3.63, 3.8) is 0 Å². The van der Waals surface area contributed by atoms with E-state index in [1.54, 1.807) is 46.2 Å². The molecule has 1 saturated heterocycles. The summed E-state index contributed by atoms with van der Waals surface area (Å²) in [5, 5.41) is 0.981. The van der Waals surface area contributed by atoms with Crippen molar-refractivity contribution in [2.45, 2.75) is 13.3 Å². The lowest BCUT2D eigenvalue weighted by Crippen LogP contribution is -2.50. The lowest BCUT2D eigenvalue weighted by molar-refractivity contribution is -0.127. The quantitative estimate of drug-likeness (QED) is 0.305. The summed E-state index contributed by atoms with van der Waals surface area (Å²) >= 11 is 12.6. The maximum atomic E-state index is 13.5. The number of hydrogen-bond donors (Lipinski definition) is 0. The van der Waals surface area contributed by atoms with Crippen LogP contribution in [0, 0.1) is 0 Å². The lowest BCUT2D eigenvalue weighted by atomic mass is 9.96. The fraction of sp³-hybridized carbons (Fsp3) is 0.290. The van der Waals surface area contributed by atoms with Crippen molar-refractivity contribution in [3.8, 4) is 17.2 Å². The van der Waals surface area contributed by atoms with Gasteiger partial charge in [0.15, 0.2) is 11.5 Å². The number of methoxy groups -OCH3 is 3. The average Bonchev–Trinajstić information content (AvgIpc) is 2.98. The summed E-state index contributed by atoms with van der Waals surface area (Å²) in [5.74, 6) is 0.914. The first kappa shape index (κ1) is 29.3. The molecule has 3 aromatic rings. The standard InChI is InChI=1S/C31H32Cl2N2O5/c1-5-20-6-8-21(9-7-20)26(22-14-24(32)18-25(33)15-22)19-29(36)34-10-12-35(13-11-34)31(37)23-16-27(38-2)30(40-4)28(17-23)39-3/h6-9,14-19H,5,10-13H2,1-4H3/b26-19-. The van der Waals surface area contributed by atoms with E-state index in [0.29, 0.717) is 59.0 Å². The molecule has 4 rings (SSSR count). The van der Waals surface area contributed by atoms with Crippen molar-refractivity contribution in [2.75, 3.05) is 47.5 Å². The Morgan fingerprint density at radius 1 is 0.750 bits per heavy atom. The molecule has 0 N–H and O–H groups in total. The maximum absolute atomic E-state index is 13.5. The van der Waals surface area contributed by atoms with E-state index in [0.717, 1.165) is 23.1 Å². The first-order chi connectivity index (χ1) is 19.3. The Balaban J connectivity index is 1.54. The number of carbonyl (C=O) groups excluding carboxylic acids is 2. The van der Waals surface area contributed by atoms with Crippen LogP contribution >= 0.6 is 23.2 Å². The highest BCUT2D eigenvalue weighted by Crippen LogP contribution is 2.38. The van der Waals surface area contributed by atoms with Crippen LogP contribution in [0.1, 0.15) is 34.0 Å². The zero-order valence-electron chi connectivity index (χ0n) is 23.0. The smallest absolute Gasteiger partial charge is 0.254 e. The molecule has 210 valence electrons. The molecule has 9 heteroatoms. The van der Waals surface area contributed by atoms with E-state index in [-0.39, 0.29) is 11.8 Å². The molecule has 1 aliphatic heterocycles. The third-order valence-corrected chi connectivity index (χ3v) is 7.34. The summed E-state index contributed by atoms with van der Waals surface area (Å²) < 4.78 is 16.1. The van der Waals surface area contributed by atoms with Gasteiger partial charge >= 0.3 is 0 Å². The molecule has 1 aliphatic rings. The van der Waals surface area contributed by atoms with Crippen LogP contribution in [0.4, 0.5) is 0 Å². The summed E-state index contributed by atoms with van der Waals surface area (Å²) in [6.45, 7) is 3.66. The second kappa shape index (κ2) is 13.1. The highest BCUT2D eigenvalue weighted by Gasteiger charge is 2.26. The molecule has 0 bridgehead atoms. The summed E-state index contributed by atoms with van der Waals surface area (Å²) in [7, 11) is 4.53. The van der Waals surface area contributed by atoms with Crippen LogP contribution in [0.25, 0.3) is 5.57 Å². The number of aryl methyl sites for hydroxylation is 1. The van der Waals surface area contributed by atoms with E-state index in [4.69, 9.17) is 37.4 Å². The predicted octanol–water partition coefficient (Wildman–Crippen LogP) is 6.00. The van der Waals surface area contributed by atoms with Gasteiger partial charge in [-0.05, 0) is 59.0 Å². The van der Waals surface area contributed by atoms with Crippen molar-refractivity contribution < 1.29 is 23.8 Å². The Labute approximate surface area is 244 Å². The number of halogens is 2. The summed E-state index contributed by atoms with van der Waals surface area (Å²) in [5.41, 5.74) is 4.00. The van der Waals surface area contributed by atoms with Crippen LogP contribution in [0.2, 0.25) is 10.0 Å². The monoisotopic (exact) mass is 582 g/mol. The van der Waals surface area contributed by atoms with E-state index in [1.165, 1.54) is 26.9 Å². The molecule has 1 fully saturated rings. The maximum Gasteiger partial charge on any atom is 0.254 e. The third kappa shape index (κ3) is 6.54. The Bertz CT molecular complexity index is 1370. The molecule has 0 aliphatic carbocycles. The second-order valence-electron chi connectivity index (χ2n) is 9.30. The Hall–Kier alpha value is -3.68. The van der Waals surface area contributed by atoms with Crippen LogP contribution in [0.3, 0.4) is 0 Å². The molecule has 7 nitrogen and oxygen atoms in total. The minimum absolute atomic E-state index is 0.148. The average molecular weight is 584 g/mol. The van der Waals surface area contributed by atoms with Crippen LogP contribution < -0.4 is 14.2 Å². The van der Waals surface area contributed by atoms with E-state index in [1.807, 2.05) is 24.3 Å². The number of rotatable bonds is 8. The molecule has 3 aromatic carbocycles. The summed E-state index contributed by atoms with van der Waals surface area (Å²) in [4.78, 5) is 30.2. The van der Waals surface area contributed by atoms with Crippen LogP contribution in [0.15, 0.2) is 60.7 Å². The topological polar surface area (TPSA) is 68.3 Å². The molecule has 0 saturated carbocycles. The largest absolute Gasteiger partial charge is 0.493 e. The van der Waals surface area contributed by atoms with Crippen molar-refractivity contribution in [1.29, 1.82) is 0 Å². The number of hydrogen-bond acceptors (Lipinski definition) is 5. The third-order valence-electron chi connectivity index (χ3n) is 6.90. The fourth-order valence-corrected chi connectivity index (χ4v) is 5.22. The number of carbonyl (C=O) groups is 2. The van der Waals surface area contributed by atoms with E-state index >= 15 is 0 Å². The van der Waals surface area contributed by atoms with Gasteiger partial charge in [-0.25, -0.2) is 0 Å². The summed E-state index contributed by atoms with van der Waals surface area (Å²) in [6.07, 6.45) is 2.54. The first-order valence-electron chi connectivity index (χ1n) is 12.9. The van der Waals surface area contributed by atoms with Gasteiger partial charge in [-0.3, -0.25) is 9.59 Å². The lowest BCUT2D eigenvalue weighted by Gasteiger charge is -2.34. The number of benzene rings is 3. The van der Waals surface area contributed by atoms with Gasteiger partial charge in [0, 0.05) is 47.9 Å². The SMILES string of the molecule is CCc1ccc(/C(=C/C(=O)N2CCN(C(=O)c3cc(OC)c(OC)c(OC)c3)CC2)c2cc(Cl)cc(Cl)c2)cc1. The number of ether oxygens (including phenoxy) is 3. The highest BCUT2D eigenvalue weighted by molar-refractivity contribution is 6.35. The highest BCUT2D eigenvalue weighted by atomic mass is 35.5. The molecular weight excluding hydrogens is 551 g/mol. The van der Waals surface area contributed by atoms with Gasteiger partial charge in [-0.1, -0.05) is 54.4 Å². The normalized spacial score (nSPS) is 13.7. The number of piperazine rings is 1. The molecule has 0 aromatic heterocycles. The van der Waals surface area contributed by atoms with Crippen LogP contribution in [-0.4, -0.2) is 69.1 Å². The molecule has 1 heterocycles.